The minimum Gasteiger partial charge on any atom is -0.306 e. The fourth-order valence-electron chi connectivity index (χ4n) is 2.38. The molecule has 0 aromatic heterocycles. The number of benzene rings is 2. The maximum Gasteiger partial charge on any atom is 0.123 e. The molecule has 0 fully saturated rings. The van der Waals surface area contributed by atoms with Crippen molar-refractivity contribution in [3.63, 3.8) is 0 Å². The predicted octanol–water partition coefficient (Wildman–Crippen LogP) is 5.53. The third-order valence-corrected chi connectivity index (χ3v) is 4.27. The first-order chi connectivity index (χ1) is 10.0. The molecule has 2 aromatic rings. The Balaban J connectivity index is 2.49. The van der Waals surface area contributed by atoms with Gasteiger partial charge in [-0.2, -0.15) is 0 Å². The Morgan fingerprint density at radius 3 is 2.57 bits per heavy atom. The summed E-state index contributed by atoms with van der Waals surface area (Å²) >= 11 is 12.5. The van der Waals surface area contributed by atoms with Crippen molar-refractivity contribution in [3.8, 4) is 0 Å². The highest BCUT2D eigenvalue weighted by molar-refractivity contribution is 6.42. The second kappa shape index (κ2) is 7.26. The Morgan fingerprint density at radius 1 is 1.14 bits per heavy atom. The minimum atomic E-state index is -0.234. The quantitative estimate of drug-likeness (QED) is 0.762. The number of hydrogen-bond donors (Lipinski definition) is 1. The second-order valence-corrected chi connectivity index (χ2v) is 5.82. The van der Waals surface area contributed by atoms with E-state index in [2.05, 4.69) is 12.2 Å². The first-order valence-electron chi connectivity index (χ1n) is 6.98. The average Bonchev–Trinajstić information content (AvgIpc) is 2.45. The summed E-state index contributed by atoms with van der Waals surface area (Å²) in [4.78, 5) is 0. The normalized spacial score (nSPS) is 12.4. The summed E-state index contributed by atoms with van der Waals surface area (Å²) < 4.78 is 13.3. The molecule has 0 aliphatic heterocycles. The van der Waals surface area contributed by atoms with E-state index in [0.717, 1.165) is 29.7 Å². The van der Waals surface area contributed by atoms with Gasteiger partial charge in [-0.1, -0.05) is 48.3 Å². The molecule has 2 rings (SSSR count). The Morgan fingerprint density at radius 2 is 1.90 bits per heavy atom. The Kier molecular flexibility index (Phi) is 5.63. The summed E-state index contributed by atoms with van der Waals surface area (Å²) in [6.07, 6.45) is 0.995. The molecule has 0 amide bonds. The zero-order valence-corrected chi connectivity index (χ0v) is 13.6. The lowest BCUT2D eigenvalue weighted by molar-refractivity contribution is 0.590. The molecular formula is C17H18Cl2FN. The van der Waals surface area contributed by atoms with Crippen molar-refractivity contribution in [1.29, 1.82) is 0 Å². The van der Waals surface area contributed by atoms with Crippen LogP contribution in [0, 0.1) is 12.7 Å². The van der Waals surface area contributed by atoms with Gasteiger partial charge in [-0.15, -0.1) is 0 Å². The molecule has 1 atom stereocenters. The summed E-state index contributed by atoms with van der Waals surface area (Å²) in [7, 11) is 0. The molecule has 1 nitrogen and oxygen atoms in total. The molecule has 1 N–H and O–H groups in total. The van der Waals surface area contributed by atoms with Crippen LogP contribution in [0.3, 0.4) is 0 Å². The fraction of sp³-hybridized carbons (Fsp3) is 0.294. The van der Waals surface area contributed by atoms with E-state index in [1.54, 1.807) is 12.1 Å². The van der Waals surface area contributed by atoms with E-state index in [-0.39, 0.29) is 11.9 Å². The van der Waals surface area contributed by atoms with Gasteiger partial charge >= 0.3 is 0 Å². The molecule has 0 saturated heterocycles. The van der Waals surface area contributed by atoms with Crippen LogP contribution in [-0.2, 0) is 0 Å². The van der Waals surface area contributed by atoms with Crippen molar-refractivity contribution < 1.29 is 4.39 Å². The summed E-state index contributed by atoms with van der Waals surface area (Å²) in [5.41, 5.74) is 2.81. The highest BCUT2D eigenvalue weighted by atomic mass is 35.5. The van der Waals surface area contributed by atoms with Crippen molar-refractivity contribution >= 4 is 23.2 Å². The molecule has 0 heterocycles. The first kappa shape index (κ1) is 16.3. The number of aryl methyl sites for hydroxylation is 1. The summed E-state index contributed by atoms with van der Waals surface area (Å²) in [5.74, 6) is -0.234. The van der Waals surface area contributed by atoms with Gasteiger partial charge in [0.2, 0.25) is 0 Å². The van der Waals surface area contributed by atoms with Crippen LogP contribution >= 0.6 is 23.2 Å². The molecule has 1 unspecified atom stereocenters. The van der Waals surface area contributed by atoms with Gasteiger partial charge < -0.3 is 5.32 Å². The Bertz CT molecular complexity index is 628. The number of nitrogens with one attached hydrogen (secondary N) is 1. The van der Waals surface area contributed by atoms with Crippen molar-refractivity contribution in [3.05, 3.63) is 69.0 Å². The average molecular weight is 326 g/mol. The second-order valence-electron chi connectivity index (χ2n) is 5.03. The lowest BCUT2D eigenvalue weighted by atomic mass is 9.94. The van der Waals surface area contributed by atoms with Crippen molar-refractivity contribution in [2.45, 2.75) is 26.3 Å². The molecule has 112 valence electrons. The molecule has 0 radical (unpaired) electrons. The third-order valence-electron chi connectivity index (χ3n) is 3.43. The van der Waals surface area contributed by atoms with Crippen LogP contribution in [0.1, 0.15) is 36.1 Å². The van der Waals surface area contributed by atoms with Gasteiger partial charge in [0.1, 0.15) is 5.82 Å². The maximum absolute atomic E-state index is 13.3. The van der Waals surface area contributed by atoms with Crippen LogP contribution in [0.15, 0.2) is 36.4 Å². The van der Waals surface area contributed by atoms with Crippen LogP contribution < -0.4 is 5.32 Å². The molecular weight excluding hydrogens is 308 g/mol. The lowest BCUT2D eigenvalue weighted by Crippen LogP contribution is -2.24. The molecule has 21 heavy (non-hydrogen) atoms. The number of halogens is 3. The van der Waals surface area contributed by atoms with Crippen LogP contribution in [0.2, 0.25) is 10.0 Å². The van der Waals surface area contributed by atoms with Crippen LogP contribution in [0.4, 0.5) is 4.39 Å². The molecule has 0 bridgehead atoms. The van der Waals surface area contributed by atoms with E-state index in [9.17, 15) is 4.39 Å². The zero-order valence-electron chi connectivity index (χ0n) is 12.1. The van der Waals surface area contributed by atoms with Gasteiger partial charge in [-0.3, -0.25) is 0 Å². The SMILES string of the molecule is CCCNC(c1ccc(F)cc1C)c1cccc(Cl)c1Cl. The van der Waals surface area contributed by atoms with E-state index in [4.69, 9.17) is 23.2 Å². The van der Waals surface area contributed by atoms with Crippen molar-refractivity contribution in [1.82, 2.24) is 5.32 Å². The standard InChI is InChI=1S/C17H18Cl2FN/c1-3-9-21-17(13-8-7-12(20)10-11(13)2)14-5-4-6-15(18)16(14)19/h4-8,10,17,21H,3,9H2,1-2H3. The van der Waals surface area contributed by atoms with Crippen molar-refractivity contribution in [2.24, 2.45) is 0 Å². The summed E-state index contributed by atoms with van der Waals surface area (Å²) in [6.45, 7) is 4.84. The van der Waals surface area contributed by atoms with E-state index in [1.165, 1.54) is 12.1 Å². The number of hydrogen-bond acceptors (Lipinski definition) is 1. The van der Waals surface area contributed by atoms with Gasteiger partial charge in [0, 0.05) is 0 Å². The summed E-state index contributed by atoms with van der Waals surface area (Å²) in [6, 6.07) is 10.3. The van der Waals surface area contributed by atoms with Crippen molar-refractivity contribution in [2.75, 3.05) is 6.54 Å². The van der Waals surface area contributed by atoms with Gasteiger partial charge in [-0.05, 0) is 54.8 Å². The largest absolute Gasteiger partial charge is 0.306 e. The van der Waals surface area contributed by atoms with Crippen LogP contribution in [0.5, 0.6) is 0 Å². The number of rotatable bonds is 5. The first-order valence-corrected chi connectivity index (χ1v) is 7.73. The van der Waals surface area contributed by atoms with E-state index >= 15 is 0 Å². The molecule has 0 spiro atoms. The summed E-state index contributed by atoms with van der Waals surface area (Å²) in [5, 5.41) is 4.53. The maximum atomic E-state index is 13.3. The molecule has 0 aliphatic rings. The molecule has 0 aliphatic carbocycles. The minimum absolute atomic E-state index is 0.100. The molecule has 0 saturated carbocycles. The van der Waals surface area contributed by atoms with E-state index in [0.29, 0.717) is 10.0 Å². The van der Waals surface area contributed by atoms with Crippen LogP contribution in [0.25, 0.3) is 0 Å². The fourth-order valence-corrected chi connectivity index (χ4v) is 2.80. The molecule has 2 aromatic carbocycles. The smallest absolute Gasteiger partial charge is 0.123 e. The highest BCUT2D eigenvalue weighted by Gasteiger charge is 2.19. The van der Waals surface area contributed by atoms with Gasteiger partial charge in [0.05, 0.1) is 16.1 Å². The van der Waals surface area contributed by atoms with Gasteiger partial charge in [0.25, 0.3) is 0 Å². The van der Waals surface area contributed by atoms with E-state index < -0.39 is 0 Å². The Hall–Kier alpha value is -1.09. The zero-order chi connectivity index (χ0) is 15.4. The van der Waals surface area contributed by atoms with Crippen LogP contribution in [-0.4, -0.2) is 6.54 Å². The van der Waals surface area contributed by atoms with Gasteiger partial charge in [0.15, 0.2) is 0 Å². The lowest BCUT2D eigenvalue weighted by Gasteiger charge is -2.23. The third kappa shape index (κ3) is 3.76. The molecule has 4 heteroatoms. The van der Waals surface area contributed by atoms with E-state index in [1.807, 2.05) is 19.1 Å². The highest BCUT2D eigenvalue weighted by Crippen LogP contribution is 2.34. The predicted molar refractivity (Wildman–Crippen MR) is 87.7 cm³/mol. The van der Waals surface area contributed by atoms with Gasteiger partial charge in [-0.25, -0.2) is 4.39 Å². The Labute approximate surface area is 135 Å². The monoisotopic (exact) mass is 325 g/mol. The topological polar surface area (TPSA) is 12.0 Å².